The van der Waals surface area contributed by atoms with Crippen LogP contribution >= 0.6 is 23.5 Å². The maximum Gasteiger partial charge on any atom is 0.173 e. The van der Waals surface area contributed by atoms with E-state index in [9.17, 15) is 0 Å². The number of para-hydroxylation sites is 3. The molecular weight excluding hydrogens is 422 g/mol. The van der Waals surface area contributed by atoms with Crippen LogP contribution in [0.3, 0.4) is 0 Å². The highest BCUT2D eigenvalue weighted by Crippen LogP contribution is 2.49. The molecule has 0 saturated carbocycles. The van der Waals surface area contributed by atoms with Crippen molar-refractivity contribution in [2.75, 3.05) is 43.5 Å². The quantitative estimate of drug-likeness (QED) is 0.359. The van der Waals surface area contributed by atoms with E-state index in [1.54, 1.807) is 0 Å². The highest BCUT2D eigenvalue weighted by molar-refractivity contribution is 8.14. The number of amidine groups is 1. The van der Waals surface area contributed by atoms with Crippen molar-refractivity contribution in [2.24, 2.45) is 4.99 Å². The van der Waals surface area contributed by atoms with Gasteiger partial charge in [-0.25, -0.2) is 4.99 Å². The fourth-order valence-corrected chi connectivity index (χ4v) is 5.85. The summed E-state index contributed by atoms with van der Waals surface area (Å²) in [6.07, 6.45) is 0. The van der Waals surface area contributed by atoms with Gasteiger partial charge < -0.3 is 4.74 Å². The predicted octanol–water partition coefficient (Wildman–Crippen LogP) is 6.04. The number of rotatable bonds is 4. The van der Waals surface area contributed by atoms with Crippen LogP contribution in [0.15, 0.2) is 93.6 Å². The molecule has 158 valence electrons. The van der Waals surface area contributed by atoms with Gasteiger partial charge in [0.15, 0.2) is 5.17 Å². The summed E-state index contributed by atoms with van der Waals surface area (Å²) >= 11 is 3.66. The zero-order valence-corrected chi connectivity index (χ0v) is 18.9. The van der Waals surface area contributed by atoms with Crippen LogP contribution in [0.2, 0.25) is 0 Å². The summed E-state index contributed by atoms with van der Waals surface area (Å²) in [5, 5.41) is 1.01. The Kier molecular flexibility index (Phi) is 6.60. The molecule has 5 rings (SSSR count). The number of benzene rings is 3. The highest BCUT2D eigenvalue weighted by Gasteiger charge is 2.27. The average Bonchev–Trinajstić information content (AvgIpc) is 2.83. The van der Waals surface area contributed by atoms with Crippen LogP contribution in [0, 0.1) is 0 Å². The third-order valence-corrected chi connectivity index (χ3v) is 7.40. The standard InChI is InChI=1S/C25H25N3OS2/c1-2-8-20(9-3-1)26-25(30-19-16-27-14-17-29-18-15-27)28-21-10-4-6-12-23(21)31-24-13-7-5-11-22(24)28/h1-13H,14-19H2. The maximum atomic E-state index is 5.50. The SMILES string of the molecule is c1ccc(N=C(SCCN2CCOCC2)N2c3ccccc3Sc3ccccc32)cc1. The van der Waals surface area contributed by atoms with E-state index in [-0.39, 0.29) is 0 Å². The monoisotopic (exact) mass is 447 g/mol. The second kappa shape index (κ2) is 9.92. The lowest BCUT2D eigenvalue weighted by Gasteiger charge is -2.33. The lowest BCUT2D eigenvalue weighted by atomic mass is 10.2. The van der Waals surface area contributed by atoms with Gasteiger partial charge in [0.1, 0.15) is 0 Å². The van der Waals surface area contributed by atoms with Crippen molar-refractivity contribution in [3.63, 3.8) is 0 Å². The van der Waals surface area contributed by atoms with Gasteiger partial charge in [-0.15, -0.1) is 0 Å². The molecule has 0 unspecified atom stereocenters. The van der Waals surface area contributed by atoms with Gasteiger partial charge >= 0.3 is 0 Å². The van der Waals surface area contributed by atoms with Crippen LogP contribution in [0.1, 0.15) is 0 Å². The van der Waals surface area contributed by atoms with Gasteiger partial charge in [0.2, 0.25) is 0 Å². The number of nitrogens with zero attached hydrogens (tertiary/aromatic N) is 3. The van der Waals surface area contributed by atoms with E-state index < -0.39 is 0 Å². The molecule has 4 nitrogen and oxygen atoms in total. The van der Waals surface area contributed by atoms with Crippen LogP contribution in [0.25, 0.3) is 0 Å². The first-order chi connectivity index (χ1) is 15.4. The zero-order chi connectivity index (χ0) is 20.9. The van der Waals surface area contributed by atoms with Crippen LogP contribution in [0.4, 0.5) is 17.1 Å². The first-order valence-corrected chi connectivity index (χ1v) is 12.4. The molecule has 3 aromatic carbocycles. The van der Waals surface area contributed by atoms with Crippen molar-refractivity contribution in [3.8, 4) is 0 Å². The predicted molar refractivity (Wildman–Crippen MR) is 132 cm³/mol. The van der Waals surface area contributed by atoms with Crippen molar-refractivity contribution in [1.82, 2.24) is 4.90 Å². The maximum absolute atomic E-state index is 5.50. The Bertz CT molecular complexity index is 1010. The van der Waals surface area contributed by atoms with Crippen molar-refractivity contribution in [3.05, 3.63) is 78.9 Å². The average molecular weight is 448 g/mol. The van der Waals surface area contributed by atoms with Gasteiger partial charge in [0.25, 0.3) is 0 Å². The molecule has 2 aliphatic heterocycles. The third-order valence-electron chi connectivity index (χ3n) is 5.35. The molecule has 0 amide bonds. The van der Waals surface area contributed by atoms with Gasteiger partial charge in [-0.05, 0) is 36.4 Å². The first kappa shape index (κ1) is 20.6. The smallest absolute Gasteiger partial charge is 0.173 e. The molecule has 6 heteroatoms. The molecule has 1 fully saturated rings. The number of thioether (sulfide) groups is 1. The Morgan fingerprint density at radius 2 is 1.45 bits per heavy atom. The van der Waals surface area contributed by atoms with E-state index in [1.165, 1.54) is 21.2 Å². The van der Waals surface area contributed by atoms with Crippen LogP contribution in [0.5, 0.6) is 0 Å². The summed E-state index contributed by atoms with van der Waals surface area (Å²) in [7, 11) is 0. The summed E-state index contributed by atoms with van der Waals surface area (Å²) in [4.78, 5) is 12.4. The second-order valence-electron chi connectivity index (χ2n) is 7.41. The number of hydrogen-bond donors (Lipinski definition) is 0. The minimum absolute atomic E-state index is 0.833. The Hall–Kier alpha value is -2.25. The second-order valence-corrected chi connectivity index (χ2v) is 9.55. The number of hydrogen-bond acceptors (Lipinski definition) is 5. The first-order valence-electron chi connectivity index (χ1n) is 10.6. The van der Waals surface area contributed by atoms with Crippen LogP contribution in [-0.2, 0) is 4.74 Å². The minimum atomic E-state index is 0.833. The molecule has 2 heterocycles. The topological polar surface area (TPSA) is 28.1 Å². The lowest BCUT2D eigenvalue weighted by Crippen LogP contribution is -2.38. The number of morpholine rings is 1. The Morgan fingerprint density at radius 3 is 2.13 bits per heavy atom. The number of fused-ring (bicyclic) bond motifs is 2. The van der Waals surface area contributed by atoms with E-state index in [1.807, 2.05) is 41.7 Å². The largest absolute Gasteiger partial charge is 0.379 e. The summed E-state index contributed by atoms with van der Waals surface area (Å²) < 4.78 is 5.50. The Morgan fingerprint density at radius 1 is 0.839 bits per heavy atom. The molecule has 0 aliphatic carbocycles. The van der Waals surface area contributed by atoms with Crippen molar-refractivity contribution in [1.29, 1.82) is 0 Å². The number of aliphatic imine (C=N–C) groups is 1. The van der Waals surface area contributed by atoms with Gasteiger partial charge in [-0.1, -0.05) is 66.0 Å². The number of ether oxygens (including phenoxy) is 1. The van der Waals surface area contributed by atoms with Crippen LogP contribution in [-0.4, -0.2) is 48.7 Å². The lowest BCUT2D eigenvalue weighted by molar-refractivity contribution is 0.0410. The fourth-order valence-electron chi connectivity index (χ4n) is 3.76. The molecule has 0 N–H and O–H groups in total. The normalized spacial score (nSPS) is 16.6. The van der Waals surface area contributed by atoms with E-state index in [2.05, 4.69) is 70.5 Å². The van der Waals surface area contributed by atoms with Crippen molar-refractivity contribution >= 4 is 45.8 Å². The molecule has 0 atom stereocenters. The molecule has 3 aromatic rings. The summed E-state index contributed by atoms with van der Waals surface area (Å²) in [5.41, 5.74) is 3.36. The Labute approximate surface area is 192 Å². The van der Waals surface area contributed by atoms with E-state index in [0.717, 1.165) is 49.5 Å². The molecule has 2 aliphatic rings. The minimum Gasteiger partial charge on any atom is -0.379 e. The summed E-state index contributed by atoms with van der Waals surface area (Å²) in [5.74, 6) is 0.986. The molecule has 0 spiro atoms. The van der Waals surface area contributed by atoms with Crippen molar-refractivity contribution in [2.45, 2.75) is 9.79 Å². The molecule has 1 saturated heterocycles. The third kappa shape index (κ3) is 4.83. The van der Waals surface area contributed by atoms with Gasteiger partial charge in [0.05, 0.1) is 30.3 Å². The van der Waals surface area contributed by atoms with E-state index in [0.29, 0.717) is 0 Å². The molecule has 0 radical (unpaired) electrons. The Balaban J connectivity index is 1.49. The summed E-state index contributed by atoms with van der Waals surface area (Å²) in [6.45, 7) is 4.72. The van der Waals surface area contributed by atoms with Crippen LogP contribution < -0.4 is 4.90 Å². The van der Waals surface area contributed by atoms with E-state index in [4.69, 9.17) is 9.73 Å². The number of anilines is 2. The molecule has 31 heavy (non-hydrogen) atoms. The van der Waals surface area contributed by atoms with Gasteiger partial charge in [-0.2, -0.15) is 0 Å². The van der Waals surface area contributed by atoms with Gasteiger partial charge in [0, 0.05) is 35.2 Å². The van der Waals surface area contributed by atoms with Gasteiger partial charge in [-0.3, -0.25) is 9.80 Å². The molecule has 0 bridgehead atoms. The fraction of sp³-hybridized carbons (Fsp3) is 0.240. The highest BCUT2D eigenvalue weighted by atomic mass is 32.2. The van der Waals surface area contributed by atoms with Crippen molar-refractivity contribution < 1.29 is 4.74 Å². The van der Waals surface area contributed by atoms with E-state index >= 15 is 0 Å². The molecular formula is C25H25N3OS2. The zero-order valence-electron chi connectivity index (χ0n) is 17.3. The summed E-state index contributed by atoms with van der Waals surface area (Å²) in [6, 6.07) is 27.5. The molecule has 0 aromatic heterocycles.